The largest absolute Gasteiger partial charge is 0.384 e. The van der Waals surface area contributed by atoms with E-state index in [9.17, 15) is 5.11 Å². The lowest BCUT2D eigenvalue weighted by Crippen LogP contribution is -2.48. The molecular formula is C22H29NO. The van der Waals surface area contributed by atoms with E-state index in [0.717, 1.165) is 31.4 Å². The van der Waals surface area contributed by atoms with Crippen molar-refractivity contribution in [3.8, 4) is 0 Å². The smallest absolute Gasteiger partial charge is 0.0979 e. The molecule has 0 aliphatic carbocycles. The van der Waals surface area contributed by atoms with Crippen LogP contribution in [-0.2, 0) is 5.60 Å². The molecule has 3 atom stereocenters. The van der Waals surface area contributed by atoms with Gasteiger partial charge in [0.2, 0.25) is 0 Å². The van der Waals surface area contributed by atoms with Crippen molar-refractivity contribution >= 4 is 0 Å². The number of rotatable bonds is 6. The Hall–Kier alpha value is -1.64. The van der Waals surface area contributed by atoms with E-state index in [2.05, 4.69) is 54.7 Å². The topological polar surface area (TPSA) is 32.3 Å². The second-order valence-corrected chi connectivity index (χ2v) is 6.99. The van der Waals surface area contributed by atoms with E-state index in [0.29, 0.717) is 6.04 Å². The zero-order valence-electron chi connectivity index (χ0n) is 14.6. The van der Waals surface area contributed by atoms with Gasteiger partial charge in [0.25, 0.3) is 0 Å². The van der Waals surface area contributed by atoms with Crippen molar-refractivity contribution in [2.75, 3.05) is 6.54 Å². The number of aliphatic hydroxyl groups is 1. The lowest BCUT2D eigenvalue weighted by Gasteiger charge is -2.43. The molecule has 0 amide bonds. The molecule has 1 heterocycles. The predicted octanol–water partition coefficient (Wildman–Crippen LogP) is 4.60. The molecule has 3 rings (SSSR count). The van der Waals surface area contributed by atoms with Crippen molar-refractivity contribution in [3.05, 3.63) is 71.8 Å². The first-order valence-corrected chi connectivity index (χ1v) is 9.32. The highest BCUT2D eigenvalue weighted by atomic mass is 16.3. The average molecular weight is 323 g/mol. The van der Waals surface area contributed by atoms with E-state index in [1.54, 1.807) is 0 Å². The van der Waals surface area contributed by atoms with Gasteiger partial charge in [0, 0.05) is 12.0 Å². The molecule has 128 valence electrons. The summed E-state index contributed by atoms with van der Waals surface area (Å²) in [5, 5.41) is 15.6. The second kappa shape index (κ2) is 7.96. The third-order valence-corrected chi connectivity index (χ3v) is 5.33. The second-order valence-electron chi connectivity index (χ2n) is 6.99. The lowest BCUT2D eigenvalue weighted by molar-refractivity contribution is -0.0177. The zero-order chi connectivity index (χ0) is 16.8. The third kappa shape index (κ3) is 3.55. The molecule has 1 fully saturated rings. The van der Waals surface area contributed by atoms with Crippen molar-refractivity contribution < 1.29 is 5.11 Å². The number of hydrogen-bond acceptors (Lipinski definition) is 2. The Balaban J connectivity index is 2.06. The fraction of sp³-hybridized carbons (Fsp3) is 0.455. The van der Waals surface area contributed by atoms with Crippen LogP contribution in [0.15, 0.2) is 60.7 Å². The van der Waals surface area contributed by atoms with Gasteiger partial charge in [0.1, 0.15) is 0 Å². The van der Waals surface area contributed by atoms with Crippen LogP contribution >= 0.6 is 0 Å². The van der Waals surface area contributed by atoms with Gasteiger partial charge < -0.3 is 10.4 Å². The number of piperidine rings is 1. The molecule has 0 saturated carbocycles. The van der Waals surface area contributed by atoms with Crippen molar-refractivity contribution in [2.24, 2.45) is 0 Å². The van der Waals surface area contributed by atoms with E-state index < -0.39 is 5.60 Å². The van der Waals surface area contributed by atoms with Gasteiger partial charge in [-0.25, -0.2) is 0 Å². The summed E-state index contributed by atoms with van der Waals surface area (Å²) < 4.78 is 0. The summed E-state index contributed by atoms with van der Waals surface area (Å²) in [6.07, 6.45) is 5.32. The minimum absolute atomic E-state index is 0.0707. The van der Waals surface area contributed by atoms with Crippen LogP contribution in [0.3, 0.4) is 0 Å². The van der Waals surface area contributed by atoms with E-state index in [-0.39, 0.29) is 5.92 Å². The lowest BCUT2D eigenvalue weighted by atomic mass is 9.69. The number of benzene rings is 2. The molecule has 2 nitrogen and oxygen atoms in total. The monoisotopic (exact) mass is 323 g/mol. The summed E-state index contributed by atoms with van der Waals surface area (Å²) in [4.78, 5) is 0. The Morgan fingerprint density at radius 2 is 1.71 bits per heavy atom. The Morgan fingerprint density at radius 1 is 1.04 bits per heavy atom. The van der Waals surface area contributed by atoms with Gasteiger partial charge >= 0.3 is 0 Å². The summed E-state index contributed by atoms with van der Waals surface area (Å²) >= 11 is 0. The maximum atomic E-state index is 11.9. The number of nitrogens with one attached hydrogen (secondary N) is 1. The highest BCUT2D eigenvalue weighted by molar-refractivity contribution is 5.33. The van der Waals surface area contributed by atoms with Crippen molar-refractivity contribution in [1.29, 1.82) is 0 Å². The van der Waals surface area contributed by atoms with E-state index >= 15 is 0 Å². The van der Waals surface area contributed by atoms with Crippen LogP contribution in [0, 0.1) is 0 Å². The first-order valence-electron chi connectivity index (χ1n) is 9.32. The Labute approximate surface area is 145 Å². The molecule has 1 aliphatic rings. The molecule has 0 unspecified atom stereocenters. The maximum Gasteiger partial charge on any atom is 0.0979 e. The highest BCUT2D eigenvalue weighted by Crippen LogP contribution is 2.44. The SMILES string of the molecule is CCC[C@](O)(c1ccccc1)[C@H](c1ccccc1)[C@@H]1CCCCN1. The minimum atomic E-state index is -0.841. The molecule has 0 aromatic heterocycles. The van der Waals surface area contributed by atoms with Crippen LogP contribution in [-0.4, -0.2) is 17.7 Å². The molecule has 0 spiro atoms. The summed E-state index contributed by atoms with van der Waals surface area (Å²) in [7, 11) is 0. The molecule has 2 aromatic carbocycles. The normalized spacial score (nSPS) is 21.8. The first kappa shape index (κ1) is 17.2. The maximum absolute atomic E-state index is 11.9. The van der Waals surface area contributed by atoms with E-state index in [1.165, 1.54) is 18.4 Å². The van der Waals surface area contributed by atoms with Crippen molar-refractivity contribution in [2.45, 2.75) is 56.6 Å². The predicted molar refractivity (Wildman–Crippen MR) is 100 cm³/mol. The van der Waals surface area contributed by atoms with E-state index in [1.807, 2.05) is 18.2 Å². The first-order chi connectivity index (χ1) is 11.8. The summed E-state index contributed by atoms with van der Waals surface area (Å²) in [6.45, 7) is 3.20. The Bertz CT molecular complexity index is 606. The van der Waals surface area contributed by atoms with Crippen LogP contribution < -0.4 is 5.32 Å². The third-order valence-electron chi connectivity index (χ3n) is 5.33. The van der Waals surface area contributed by atoms with Crippen LogP contribution in [0.4, 0.5) is 0 Å². The average Bonchev–Trinajstić information content (AvgIpc) is 2.65. The van der Waals surface area contributed by atoms with Gasteiger partial charge in [0.05, 0.1) is 5.60 Å². The van der Waals surface area contributed by atoms with Crippen LogP contribution in [0.5, 0.6) is 0 Å². The molecule has 2 heteroatoms. The Kier molecular flexibility index (Phi) is 5.70. The van der Waals surface area contributed by atoms with E-state index in [4.69, 9.17) is 0 Å². The summed E-state index contributed by atoms with van der Waals surface area (Å²) in [5.74, 6) is 0.0707. The van der Waals surface area contributed by atoms with Gasteiger partial charge in [-0.1, -0.05) is 80.4 Å². The van der Waals surface area contributed by atoms with Crippen molar-refractivity contribution in [3.63, 3.8) is 0 Å². The summed E-state index contributed by atoms with van der Waals surface area (Å²) in [5.41, 5.74) is 1.43. The van der Waals surface area contributed by atoms with Crippen molar-refractivity contribution in [1.82, 2.24) is 5.32 Å². The molecule has 1 aliphatic heterocycles. The Morgan fingerprint density at radius 3 is 2.29 bits per heavy atom. The molecular weight excluding hydrogens is 294 g/mol. The van der Waals surface area contributed by atoms with Gasteiger partial charge in [0.15, 0.2) is 0 Å². The van der Waals surface area contributed by atoms with Crippen LogP contribution in [0.25, 0.3) is 0 Å². The molecule has 2 N–H and O–H groups in total. The van der Waals surface area contributed by atoms with Gasteiger partial charge in [-0.15, -0.1) is 0 Å². The minimum Gasteiger partial charge on any atom is -0.384 e. The van der Waals surface area contributed by atoms with Gasteiger partial charge in [-0.2, -0.15) is 0 Å². The van der Waals surface area contributed by atoms with Crippen LogP contribution in [0.2, 0.25) is 0 Å². The standard InChI is InChI=1S/C22H29NO/c1-2-16-22(24,19-13-7-4-8-14-19)21(18-11-5-3-6-12-18)20-15-9-10-17-23-20/h3-8,11-14,20-21,23-24H,2,9-10,15-17H2,1H3/t20-,21+,22-/m0/s1. The molecule has 2 aromatic rings. The molecule has 1 saturated heterocycles. The highest BCUT2D eigenvalue weighted by Gasteiger charge is 2.43. The molecule has 0 radical (unpaired) electrons. The number of hydrogen-bond donors (Lipinski definition) is 2. The van der Waals surface area contributed by atoms with Crippen LogP contribution in [0.1, 0.15) is 56.1 Å². The van der Waals surface area contributed by atoms with Gasteiger partial charge in [-0.3, -0.25) is 0 Å². The fourth-order valence-electron chi connectivity index (χ4n) is 4.25. The fourth-order valence-corrected chi connectivity index (χ4v) is 4.25. The van der Waals surface area contributed by atoms with Gasteiger partial charge in [-0.05, 0) is 36.9 Å². The zero-order valence-corrected chi connectivity index (χ0v) is 14.6. The quantitative estimate of drug-likeness (QED) is 0.814. The molecule has 0 bridgehead atoms. The molecule has 24 heavy (non-hydrogen) atoms. The summed E-state index contributed by atoms with van der Waals surface area (Å²) in [6, 6.07) is 21.1.